The van der Waals surface area contributed by atoms with Gasteiger partial charge in [0, 0.05) is 46.1 Å². The Morgan fingerprint density at radius 1 is 0.533 bits per heavy atom. The van der Waals surface area contributed by atoms with Crippen LogP contribution in [-0.2, 0) is 0 Å². The monoisotopic (exact) mass is 581 g/mol. The van der Waals surface area contributed by atoms with Crippen molar-refractivity contribution < 1.29 is 0 Å². The van der Waals surface area contributed by atoms with E-state index in [9.17, 15) is 0 Å². The molecule has 218 valence electrons. The number of allylic oxidation sites excluding steroid dienone is 3. The van der Waals surface area contributed by atoms with E-state index in [1.807, 2.05) is 19.3 Å². The Morgan fingerprint density at radius 3 is 1.98 bits per heavy atom. The number of hydrogen-bond donors (Lipinski definition) is 0. The molecule has 0 saturated heterocycles. The molecule has 0 aliphatic carbocycles. The molecule has 3 heterocycles. The molecule has 0 unspecified atom stereocenters. The quantitative estimate of drug-likeness (QED) is 0.150. The molecule has 0 aliphatic rings. The summed E-state index contributed by atoms with van der Waals surface area (Å²) in [4.78, 5) is 4.19. The van der Waals surface area contributed by atoms with Gasteiger partial charge in [-0.3, -0.25) is 4.98 Å². The van der Waals surface area contributed by atoms with Crippen LogP contribution in [0.15, 0.2) is 178 Å². The van der Waals surface area contributed by atoms with Crippen molar-refractivity contribution in [1.82, 2.24) is 14.1 Å². The Bertz CT molecular complexity index is 2260. The molecular weight excluding hydrogens is 546 g/mol. The SMILES string of the molecule is C=CC.C=CC=C.c1ccc(-n2ccc3c4cc5c6ccccc6n(-c6cccc(-c7ccncc7)c6)c5cc4ccc32)cc1. The van der Waals surface area contributed by atoms with Gasteiger partial charge >= 0.3 is 0 Å². The molecule has 8 aromatic rings. The van der Waals surface area contributed by atoms with Crippen molar-refractivity contribution in [2.75, 3.05) is 0 Å². The highest BCUT2D eigenvalue weighted by Crippen LogP contribution is 2.38. The molecule has 5 aromatic carbocycles. The summed E-state index contributed by atoms with van der Waals surface area (Å²) in [6.07, 6.45) is 10.9. The molecule has 8 rings (SSSR count). The zero-order chi connectivity index (χ0) is 31.2. The van der Waals surface area contributed by atoms with Crippen molar-refractivity contribution in [3.8, 4) is 22.5 Å². The molecule has 0 atom stereocenters. The largest absolute Gasteiger partial charge is 0.317 e. The molecule has 0 bridgehead atoms. The fourth-order valence-corrected chi connectivity index (χ4v) is 5.87. The molecule has 0 N–H and O–H groups in total. The molecule has 0 fully saturated rings. The Balaban J connectivity index is 0.000000468. The van der Waals surface area contributed by atoms with Crippen LogP contribution in [0, 0.1) is 0 Å². The maximum Gasteiger partial charge on any atom is 0.0547 e. The van der Waals surface area contributed by atoms with Crippen LogP contribution in [0.3, 0.4) is 0 Å². The van der Waals surface area contributed by atoms with E-state index in [0.29, 0.717) is 0 Å². The topological polar surface area (TPSA) is 22.8 Å². The standard InChI is InChI=1S/C35H23N3.C4H6.C3H6/c1-2-8-27(9-3-1)37-20-17-30-31-23-32-29-11-4-5-12-34(29)38(35(32)22-26(31)13-14-33(30)37)28-10-6-7-25(21-28)24-15-18-36-19-16-24;1-3-4-2;1-3-2/h1-23H;3-4H,1-2H2;3H,1H2,2H3. The molecular formula is C42H35N3. The molecule has 3 aromatic heterocycles. The minimum absolute atomic E-state index is 1.15. The second kappa shape index (κ2) is 13.2. The zero-order valence-electron chi connectivity index (χ0n) is 25.5. The van der Waals surface area contributed by atoms with Gasteiger partial charge in [0.05, 0.1) is 16.6 Å². The minimum atomic E-state index is 1.15. The number of aromatic nitrogens is 3. The Morgan fingerprint density at radius 2 is 1.22 bits per heavy atom. The third-order valence-corrected chi connectivity index (χ3v) is 7.80. The van der Waals surface area contributed by atoms with Gasteiger partial charge in [0.1, 0.15) is 0 Å². The number of nitrogens with zero attached hydrogens (tertiary/aromatic N) is 3. The minimum Gasteiger partial charge on any atom is -0.317 e. The summed E-state index contributed by atoms with van der Waals surface area (Å²) < 4.78 is 4.67. The molecule has 3 heteroatoms. The van der Waals surface area contributed by atoms with Crippen molar-refractivity contribution in [2.24, 2.45) is 0 Å². The van der Waals surface area contributed by atoms with Crippen LogP contribution in [-0.4, -0.2) is 14.1 Å². The van der Waals surface area contributed by atoms with Crippen molar-refractivity contribution in [1.29, 1.82) is 0 Å². The molecule has 45 heavy (non-hydrogen) atoms. The predicted octanol–water partition coefficient (Wildman–Crippen LogP) is 11.5. The summed E-state index contributed by atoms with van der Waals surface area (Å²) >= 11 is 0. The maximum atomic E-state index is 4.19. The first-order valence-electron chi connectivity index (χ1n) is 15.0. The number of benzene rings is 5. The van der Waals surface area contributed by atoms with Crippen LogP contribution in [0.5, 0.6) is 0 Å². The van der Waals surface area contributed by atoms with E-state index < -0.39 is 0 Å². The number of hydrogen-bond acceptors (Lipinski definition) is 1. The van der Waals surface area contributed by atoms with Gasteiger partial charge in [-0.2, -0.15) is 0 Å². The first-order chi connectivity index (χ1) is 22.2. The van der Waals surface area contributed by atoms with Crippen LogP contribution in [0.1, 0.15) is 6.92 Å². The lowest BCUT2D eigenvalue weighted by molar-refractivity contribution is 1.13. The number of pyridine rings is 1. The first kappa shape index (κ1) is 29.2. The molecule has 0 radical (unpaired) electrons. The highest BCUT2D eigenvalue weighted by atomic mass is 15.0. The maximum absolute atomic E-state index is 4.19. The van der Waals surface area contributed by atoms with Gasteiger partial charge < -0.3 is 9.13 Å². The predicted molar refractivity (Wildman–Crippen MR) is 195 cm³/mol. The van der Waals surface area contributed by atoms with Gasteiger partial charge in [-0.05, 0) is 95.6 Å². The van der Waals surface area contributed by atoms with Gasteiger partial charge in [-0.1, -0.05) is 86.0 Å². The van der Waals surface area contributed by atoms with Crippen LogP contribution in [0.4, 0.5) is 0 Å². The second-order valence-corrected chi connectivity index (χ2v) is 10.6. The lowest BCUT2D eigenvalue weighted by atomic mass is 10.0. The number of fused-ring (bicyclic) bond motifs is 6. The average Bonchev–Trinajstić information content (AvgIpc) is 3.68. The van der Waals surface area contributed by atoms with Gasteiger partial charge in [0.15, 0.2) is 0 Å². The summed E-state index contributed by atoms with van der Waals surface area (Å²) in [6, 6.07) is 43.6. The van der Waals surface area contributed by atoms with Gasteiger partial charge in [-0.15, -0.1) is 6.58 Å². The third kappa shape index (κ3) is 5.60. The normalized spacial score (nSPS) is 10.6. The lowest BCUT2D eigenvalue weighted by Crippen LogP contribution is -1.94. The second-order valence-electron chi connectivity index (χ2n) is 10.6. The van der Waals surface area contributed by atoms with Crippen LogP contribution in [0.25, 0.3) is 66.0 Å². The Labute approximate surface area is 264 Å². The van der Waals surface area contributed by atoms with E-state index in [1.54, 1.807) is 18.2 Å². The molecule has 0 spiro atoms. The molecule has 0 amide bonds. The van der Waals surface area contributed by atoms with Crippen LogP contribution >= 0.6 is 0 Å². The summed E-state index contributed by atoms with van der Waals surface area (Å²) in [5, 5.41) is 6.31. The van der Waals surface area contributed by atoms with E-state index >= 15 is 0 Å². The summed E-state index contributed by atoms with van der Waals surface area (Å²) in [7, 11) is 0. The van der Waals surface area contributed by atoms with Gasteiger partial charge in [-0.25, -0.2) is 0 Å². The van der Waals surface area contributed by atoms with E-state index in [4.69, 9.17) is 0 Å². The summed E-state index contributed by atoms with van der Waals surface area (Å²) in [5.41, 5.74) is 8.32. The van der Waals surface area contributed by atoms with Crippen molar-refractivity contribution in [2.45, 2.75) is 6.92 Å². The summed E-state index contributed by atoms with van der Waals surface area (Å²) in [5.74, 6) is 0. The average molecular weight is 582 g/mol. The highest BCUT2D eigenvalue weighted by Gasteiger charge is 2.15. The van der Waals surface area contributed by atoms with Crippen molar-refractivity contribution in [3.05, 3.63) is 178 Å². The highest BCUT2D eigenvalue weighted by molar-refractivity contribution is 6.18. The van der Waals surface area contributed by atoms with Gasteiger partial charge in [0.25, 0.3) is 0 Å². The number of rotatable bonds is 4. The fourth-order valence-electron chi connectivity index (χ4n) is 5.87. The van der Waals surface area contributed by atoms with Gasteiger partial charge in [0.2, 0.25) is 0 Å². The smallest absolute Gasteiger partial charge is 0.0547 e. The van der Waals surface area contributed by atoms with Crippen molar-refractivity contribution in [3.63, 3.8) is 0 Å². The molecule has 0 aliphatic heterocycles. The lowest BCUT2D eigenvalue weighted by Gasteiger charge is -2.11. The zero-order valence-corrected chi connectivity index (χ0v) is 25.5. The van der Waals surface area contributed by atoms with E-state index in [0.717, 1.165) is 5.69 Å². The summed E-state index contributed by atoms with van der Waals surface area (Å²) in [6.45, 7) is 12.0. The van der Waals surface area contributed by atoms with E-state index in [1.165, 1.54) is 60.3 Å². The van der Waals surface area contributed by atoms with E-state index in [2.05, 4.69) is 161 Å². The first-order valence-corrected chi connectivity index (χ1v) is 15.0. The molecule has 3 nitrogen and oxygen atoms in total. The fraction of sp³-hybridized carbons (Fsp3) is 0.0238. The van der Waals surface area contributed by atoms with E-state index in [-0.39, 0.29) is 0 Å². The Kier molecular flexibility index (Phi) is 8.52. The molecule has 0 saturated carbocycles. The Hall–Kier alpha value is -5.93. The number of para-hydroxylation sites is 2. The van der Waals surface area contributed by atoms with Crippen LogP contribution < -0.4 is 0 Å². The van der Waals surface area contributed by atoms with Crippen LogP contribution in [0.2, 0.25) is 0 Å². The van der Waals surface area contributed by atoms with Crippen molar-refractivity contribution >= 4 is 43.5 Å². The third-order valence-electron chi connectivity index (χ3n) is 7.80.